The van der Waals surface area contributed by atoms with Gasteiger partial charge in [0, 0.05) is 13.1 Å². The van der Waals surface area contributed by atoms with Crippen molar-refractivity contribution >= 4 is 0 Å². The van der Waals surface area contributed by atoms with Crippen LogP contribution in [-0.4, -0.2) is 35.7 Å². The van der Waals surface area contributed by atoms with E-state index in [0.717, 1.165) is 18.3 Å². The van der Waals surface area contributed by atoms with Gasteiger partial charge in [-0.15, -0.1) is 0 Å². The molecule has 0 aromatic rings. The molecule has 0 amide bonds. The Morgan fingerprint density at radius 3 is 2.48 bits per heavy atom. The number of hydrogen-bond acceptors (Lipinski definition) is 2. The average Bonchev–Trinajstić information content (AvgIpc) is 3.08. The van der Waals surface area contributed by atoms with Crippen LogP contribution in [-0.2, 0) is 0 Å². The van der Waals surface area contributed by atoms with Crippen LogP contribution in [0.25, 0.3) is 0 Å². The molecule has 5 aliphatic rings. The number of aliphatic hydroxyl groups excluding tert-OH is 1. The highest BCUT2D eigenvalue weighted by Gasteiger charge is 2.57. The van der Waals surface area contributed by atoms with E-state index in [1.165, 1.54) is 71.0 Å². The molecule has 0 bridgehead atoms. The van der Waals surface area contributed by atoms with Gasteiger partial charge in [0.05, 0.1) is 6.10 Å². The molecule has 186 valence electrons. The molecule has 0 aromatic heterocycles. The van der Waals surface area contributed by atoms with E-state index in [1.807, 2.05) is 0 Å². The van der Waals surface area contributed by atoms with Crippen molar-refractivity contribution in [3.63, 3.8) is 0 Å². The maximum absolute atomic E-state index is 10.8. The van der Waals surface area contributed by atoms with Crippen molar-refractivity contribution in [2.45, 2.75) is 112 Å². The lowest BCUT2D eigenvalue weighted by molar-refractivity contribution is -0.0905. The van der Waals surface area contributed by atoms with E-state index >= 15 is 0 Å². The molecule has 4 aliphatic carbocycles. The van der Waals surface area contributed by atoms with E-state index < -0.39 is 0 Å². The number of allylic oxidation sites excluding steroid dienone is 4. The van der Waals surface area contributed by atoms with Gasteiger partial charge in [0.1, 0.15) is 0 Å². The molecule has 1 aliphatic heterocycles. The van der Waals surface area contributed by atoms with Crippen LogP contribution in [0.1, 0.15) is 106 Å². The Labute approximate surface area is 204 Å². The molecule has 0 aromatic carbocycles. The minimum Gasteiger partial charge on any atom is -0.393 e. The number of piperidine rings is 1. The van der Waals surface area contributed by atoms with Crippen LogP contribution in [0.15, 0.2) is 22.8 Å². The largest absolute Gasteiger partial charge is 0.393 e. The van der Waals surface area contributed by atoms with Gasteiger partial charge in [0.15, 0.2) is 0 Å². The highest BCUT2D eigenvalue weighted by atomic mass is 16.3. The summed E-state index contributed by atoms with van der Waals surface area (Å²) in [6, 6.07) is 0. The summed E-state index contributed by atoms with van der Waals surface area (Å²) < 4.78 is 0. The summed E-state index contributed by atoms with van der Waals surface area (Å²) in [5, 5.41) is 10.8. The Balaban J connectivity index is 1.37. The van der Waals surface area contributed by atoms with E-state index in [9.17, 15) is 5.11 Å². The molecule has 5 rings (SSSR count). The van der Waals surface area contributed by atoms with Crippen LogP contribution >= 0.6 is 0 Å². The fourth-order valence-corrected chi connectivity index (χ4v) is 9.81. The topological polar surface area (TPSA) is 23.5 Å². The first-order valence-corrected chi connectivity index (χ1v) is 14.2. The SMILES string of the molecule is CC(CN1CCCC(C)(C)C1)C1CC=C2C3=C(CCC21C)C1(C)CCC(O)C(C)(C)C1CC3. The molecule has 6 unspecified atom stereocenters. The third kappa shape index (κ3) is 3.72. The van der Waals surface area contributed by atoms with Gasteiger partial charge in [-0.3, -0.25) is 0 Å². The van der Waals surface area contributed by atoms with Gasteiger partial charge in [0.25, 0.3) is 0 Å². The molecular weight excluding hydrogens is 402 g/mol. The Morgan fingerprint density at radius 1 is 1.00 bits per heavy atom. The molecule has 1 saturated carbocycles. The molecule has 0 radical (unpaired) electrons. The second-order valence-corrected chi connectivity index (χ2v) is 14.7. The highest BCUT2D eigenvalue weighted by molar-refractivity contribution is 5.49. The molecule has 2 nitrogen and oxygen atoms in total. The van der Waals surface area contributed by atoms with E-state index in [-0.39, 0.29) is 11.5 Å². The summed E-state index contributed by atoms with van der Waals surface area (Å²) in [6.07, 6.45) is 13.9. The van der Waals surface area contributed by atoms with Crippen LogP contribution in [0, 0.1) is 39.4 Å². The second-order valence-electron chi connectivity index (χ2n) is 14.7. The van der Waals surface area contributed by atoms with Crippen molar-refractivity contribution in [3.8, 4) is 0 Å². The average molecular weight is 454 g/mol. The summed E-state index contributed by atoms with van der Waals surface area (Å²) in [7, 11) is 0. The van der Waals surface area contributed by atoms with Crippen LogP contribution in [0.2, 0.25) is 0 Å². The summed E-state index contributed by atoms with van der Waals surface area (Å²) in [4.78, 5) is 2.78. The normalized spacial score (nSPS) is 43.4. The van der Waals surface area contributed by atoms with Gasteiger partial charge in [-0.1, -0.05) is 60.1 Å². The first-order valence-electron chi connectivity index (χ1n) is 14.2. The Bertz CT molecular complexity index is 849. The zero-order valence-electron chi connectivity index (χ0n) is 22.8. The molecule has 33 heavy (non-hydrogen) atoms. The number of nitrogens with zero attached hydrogens (tertiary/aromatic N) is 1. The first-order chi connectivity index (χ1) is 15.4. The van der Waals surface area contributed by atoms with Gasteiger partial charge < -0.3 is 10.0 Å². The van der Waals surface area contributed by atoms with Gasteiger partial charge in [-0.05, 0) is 115 Å². The Kier molecular flexibility index (Phi) is 5.81. The maximum atomic E-state index is 10.8. The zero-order chi connectivity index (χ0) is 23.8. The smallest absolute Gasteiger partial charge is 0.0594 e. The van der Waals surface area contributed by atoms with E-state index in [0.29, 0.717) is 22.2 Å². The number of likely N-dealkylation sites (tertiary alicyclic amines) is 1. The minimum absolute atomic E-state index is 0.0373. The quantitative estimate of drug-likeness (QED) is 0.482. The predicted octanol–water partition coefficient (Wildman–Crippen LogP) is 7.38. The standard InChI is InChI=1S/C31H51NO/c1-21(19-32-18-8-15-28(2,3)20-32)23-10-11-24-22-9-12-26-29(4,5)27(33)14-17-31(26,7)25(22)13-16-30(23,24)6/h11,21,23,26-27,33H,8-10,12-20H2,1-7H3. The fraction of sp³-hybridized carbons (Fsp3) is 0.871. The van der Waals surface area contributed by atoms with Crippen molar-refractivity contribution < 1.29 is 5.11 Å². The van der Waals surface area contributed by atoms with Crippen molar-refractivity contribution in [1.29, 1.82) is 0 Å². The van der Waals surface area contributed by atoms with Crippen molar-refractivity contribution in [2.75, 3.05) is 19.6 Å². The summed E-state index contributed by atoms with van der Waals surface area (Å²) in [5.41, 5.74) is 6.51. The predicted molar refractivity (Wildman–Crippen MR) is 139 cm³/mol. The number of hydrogen-bond donors (Lipinski definition) is 1. The molecule has 1 saturated heterocycles. The number of fused-ring (bicyclic) bond motifs is 4. The molecule has 2 fully saturated rings. The van der Waals surface area contributed by atoms with Crippen LogP contribution in [0.5, 0.6) is 0 Å². The Hall–Kier alpha value is -0.600. The lowest BCUT2D eigenvalue weighted by Gasteiger charge is -2.59. The van der Waals surface area contributed by atoms with Crippen LogP contribution in [0.3, 0.4) is 0 Å². The third-order valence-electron chi connectivity index (χ3n) is 11.6. The highest BCUT2D eigenvalue weighted by Crippen LogP contribution is 2.66. The number of rotatable bonds is 3. The van der Waals surface area contributed by atoms with Gasteiger partial charge in [0.2, 0.25) is 0 Å². The second kappa shape index (κ2) is 7.95. The molecule has 1 heterocycles. The summed E-state index contributed by atoms with van der Waals surface area (Å²) in [6.45, 7) is 21.2. The third-order valence-corrected chi connectivity index (χ3v) is 11.6. The summed E-state index contributed by atoms with van der Waals surface area (Å²) in [5.74, 6) is 2.17. The lowest BCUT2D eigenvalue weighted by Crippen LogP contribution is -2.53. The molecule has 6 atom stereocenters. The molecule has 2 heteroatoms. The van der Waals surface area contributed by atoms with Gasteiger partial charge in [-0.2, -0.15) is 0 Å². The van der Waals surface area contributed by atoms with E-state index in [2.05, 4.69) is 59.4 Å². The van der Waals surface area contributed by atoms with Crippen LogP contribution < -0.4 is 0 Å². The minimum atomic E-state index is -0.137. The van der Waals surface area contributed by atoms with Crippen molar-refractivity contribution in [3.05, 3.63) is 22.8 Å². The van der Waals surface area contributed by atoms with Crippen molar-refractivity contribution in [2.24, 2.45) is 39.4 Å². The molecular formula is C31H51NO. The van der Waals surface area contributed by atoms with Gasteiger partial charge >= 0.3 is 0 Å². The van der Waals surface area contributed by atoms with E-state index in [4.69, 9.17) is 0 Å². The first kappa shape index (κ1) is 24.1. The van der Waals surface area contributed by atoms with Gasteiger partial charge in [-0.25, -0.2) is 0 Å². The zero-order valence-corrected chi connectivity index (χ0v) is 22.8. The fourth-order valence-electron chi connectivity index (χ4n) is 9.81. The lowest BCUT2D eigenvalue weighted by atomic mass is 9.46. The maximum Gasteiger partial charge on any atom is 0.0594 e. The summed E-state index contributed by atoms with van der Waals surface area (Å²) >= 11 is 0. The van der Waals surface area contributed by atoms with Crippen LogP contribution in [0.4, 0.5) is 0 Å². The monoisotopic (exact) mass is 453 g/mol. The molecule has 0 spiro atoms. The Morgan fingerprint density at radius 2 is 1.76 bits per heavy atom. The van der Waals surface area contributed by atoms with Crippen molar-refractivity contribution in [1.82, 2.24) is 4.90 Å². The van der Waals surface area contributed by atoms with E-state index in [1.54, 1.807) is 16.7 Å². The number of aliphatic hydroxyl groups is 1. The molecule has 1 N–H and O–H groups in total.